The molecule has 28 nitrogen and oxygen atoms in total. The van der Waals surface area contributed by atoms with Gasteiger partial charge in [0, 0.05) is 107 Å². The number of hydrogen-bond donors (Lipinski definition) is 4. The minimum atomic E-state index is -4.40. The minimum Gasteiger partial charge on any atom is -0.486 e. The van der Waals surface area contributed by atoms with E-state index in [9.17, 15) is 27.4 Å². The highest BCUT2D eigenvalue weighted by Crippen LogP contribution is 2.34. The summed E-state index contributed by atoms with van der Waals surface area (Å²) in [5.74, 6) is -2.28. The van der Waals surface area contributed by atoms with Gasteiger partial charge in [-0.1, -0.05) is 0 Å². The van der Waals surface area contributed by atoms with Gasteiger partial charge in [-0.25, -0.2) is 4.79 Å². The molecule has 0 aliphatic rings. The van der Waals surface area contributed by atoms with E-state index in [1.807, 2.05) is 4.57 Å². The third-order valence-corrected chi connectivity index (χ3v) is 14.5. The van der Waals surface area contributed by atoms with Crippen molar-refractivity contribution in [1.29, 1.82) is 0 Å². The van der Waals surface area contributed by atoms with Crippen molar-refractivity contribution in [3.05, 3.63) is 70.8 Å². The highest BCUT2D eigenvalue weighted by Gasteiger charge is 2.30. The van der Waals surface area contributed by atoms with E-state index >= 15 is 4.79 Å². The number of nitrogens with zero attached hydrogens (tertiary/aromatic N) is 1. The standard InChI is InChI=1S/C63H95N3O25S/c1-43-27-45(62(70)65-20-23-84-25-24-83-22-19-64-58(67)13-11-14-59(68)69)28-44(2)61(43)91-63(71)60-54-29-46(89-52(39-85-48(31-75-3)32-76-4)40-86-49(33-77-5)34-78-6)15-17-56(54)66(21-12-26-92(72,73)74)57-18-16-47(30-55(57)60)90-53(41-87-50(35-79-7)36-80-8)42-88-51(37-81-9)38-82-10/h15-18,27-30,48-53H,11-14,19-26,31-42H2,1-10H3,(H3-,64,65,67,68,69,70,72,73,74)/p+1. The Morgan fingerprint density at radius 3 is 1.29 bits per heavy atom. The number of aromatic nitrogens is 1. The zero-order valence-electron chi connectivity index (χ0n) is 54.7. The fourth-order valence-electron chi connectivity index (χ4n) is 9.64. The van der Waals surface area contributed by atoms with Crippen LogP contribution in [0.3, 0.4) is 0 Å². The second-order valence-electron chi connectivity index (χ2n) is 21.4. The number of pyridine rings is 1. The van der Waals surface area contributed by atoms with Crippen LogP contribution in [0.25, 0.3) is 21.8 Å². The minimum absolute atomic E-state index is 0.00280. The van der Waals surface area contributed by atoms with Crippen molar-refractivity contribution in [2.45, 2.75) is 82.7 Å². The number of aryl methyl sites for hydroxylation is 3. The van der Waals surface area contributed by atoms with E-state index in [0.717, 1.165) is 0 Å². The van der Waals surface area contributed by atoms with Crippen molar-refractivity contribution in [3.8, 4) is 17.2 Å². The number of esters is 1. The number of aliphatic carboxylic acids is 1. The Hall–Kier alpha value is -5.84. The fourth-order valence-corrected chi connectivity index (χ4v) is 10.1. The number of carboxylic acid groups (broad SMARTS) is 1. The predicted molar refractivity (Wildman–Crippen MR) is 335 cm³/mol. The van der Waals surface area contributed by atoms with Crippen molar-refractivity contribution in [2.24, 2.45) is 0 Å². The van der Waals surface area contributed by atoms with Crippen LogP contribution in [0, 0.1) is 13.8 Å². The number of benzene rings is 3. The van der Waals surface area contributed by atoms with Crippen molar-refractivity contribution < 1.29 is 122 Å². The molecule has 0 spiro atoms. The Kier molecular flexibility index (Phi) is 37.5. The van der Waals surface area contributed by atoms with E-state index in [-0.39, 0.29) is 180 Å². The summed E-state index contributed by atoms with van der Waals surface area (Å²) in [6.07, 6.45) is -3.21. The van der Waals surface area contributed by atoms with E-state index < -0.39 is 70.3 Å². The highest BCUT2D eigenvalue weighted by molar-refractivity contribution is 7.85. The maximum Gasteiger partial charge on any atom is 0.345 e. The summed E-state index contributed by atoms with van der Waals surface area (Å²) in [7, 11) is 7.99. The number of carbonyl (C=O) groups excluding carboxylic acids is 3. The first-order valence-corrected chi connectivity index (χ1v) is 31.8. The SMILES string of the molecule is COCC(COC)OCC(COC(COC)COC)Oc1ccc2c(c1)c(C(=O)Oc1c(C)cc(C(=O)NCCOCCOCCNC(=O)CCCC(=O)O)cc1C)c1cc(OC(COC(COC)COC)COC(COC)COC)ccc1[n+]2CCCS(=O)(=O)O. The Balaban J connectivity index is 1.81. The zero-order chi connectivity index (χ0) is 67.3. The molecule has 0 fully saturated rings. The van der Waals surface area contributed by atoms with Crippen molar-refractivity contribution >= 4 is 55.7 Å². The van der Waals surface area contributed by atoms with E-state index in [0.29, 0.717) is 38.5 Å². The molecular weight excluding hydrogens is 1230 g/mol. The van der Waals surface area contributed by atoms with Gasteiger partial charge in [-0.2, -0.15) is 13.0 Å². The lowest BCUT2D eigenvalue weighted by molar-refractivity contribution is -0.645. The summed E-state index contributed by atoms with van der Waals surface area (Å²) in [5, 5.41) is 14.9. The number of nitrogens with one attached hydrogen (secondary N) is 2. The molecule has 4 rings (SSSR count). The summed E-state index contributed by atoms with van der Waals surface area (Å²) in [5.41, 5.74) is 2.17. The van der Waals surface area contributed by atoms with Crippen LogP contribution >= 0.6 is 0 Å². The van der Waals surface area contributed by atoms with Gasteiger partial charge in [0.15, 0.2) is 6.54 Å². The number of carboxylic acids is 1. The lowest BCUT2D eigenvalue weighted by Crippen LogP contribution is -2.38. The number of fused-ring (bicyclic) bond motifs is 2. The summed E-state index contributed by atoms with van der Waals surface area (Å²) in [6.45, 7) is 6.51. The Morgan fingerprint density at radius 2 is 0.913 bits per heavy atom. The molecule has 0 bridgehead atoms. The second kappa shape index (κ2) is 43.9. The summed E-state index contributed by atoms with van der Waals surface area (Å²) < 4.78 is 135. The second-order valence-corrected chi connectivity index (χ2v) is 22.9. The maximum absolute atomic E-state index is 15.5. The first kappa shape index (κ1) is 78.6. The van der Waals surface area contributed by atoms with Gasteiger partial charge in [0.05, 0.1) is 128 Å². The van der Waals surface area contributed by atoms with Crippen LogP contribution < -0.4 is 29.4 Å². The van der Waals surface area contributed by atoms with Gasteiger partial charge in [0.2, 0.25) is 16.9 Å². The molecule has 0 radical (unpaired) electrons. The fraction of sp³-hybridized carbons (Fsp3) is 0.635. The maximum atomic E-state index is 15.5. The van der Waals surface area contributed by atoms with Gasteiger partial charge in [-0.15, -0.1) is 0 Å². The predicted octanol–water partition coefficient (Wildman–Crippen LogP) is 3.74. The molecule has 0 atom stereocenters. The number of amides is 2. The van der Waals surface area contributed by atoms with Crippen LogP contribution in [-0.2, 0) is 92.6 Å². The van der Waals surface area contributed by atoms with Gasteiger partial charge in [-0.05, 0) is 67.8 Å². The number of hydrogen-bond acceptors (Lipinski definition) is 23. The third-order valence-electron chi connectivity index (χ3n) is 13.7. The van der Waals surface area contributed by atoms with Gasteiger partial charge < -0.3 is 96.3 Å². The molecule has 0 aliphatic carbocycles. The molecule has 1 heterocycles. The average Bonchev–Trinajstić information content (AvgIpc) is 0.743. The van der Waals surface area contributed by atoms with E-state index in [4.69, 9.17) is 85.6 Å². The van der Waals surface area contributed by atoms with Crippen molar-refractivity contribution in [3.63, 3.8) is 0 Å². The average molecular weight is 1330 g/mol. The molecule has 2 amide bonds. The largest absolute Gasteiger partial charge is 0.486 e. The van der Waals surface area contributed by atoms with Crippen molar-refractivity contribution in [1.82, 2.24) is 10.6 Å². The Labute approximate surface area is 538 Å². The Bertz CT molecular complexity index is 2760. The van der Waals surface area contributed by atoms with E-state index in [2.05, 4.69) is 10.6 Å². The molecule has 0 saturated carbocycles. The normalized spacial score (nSPS) is 12.0. The van der Waals surface area contributed by atoms with Crippen LogP contribution in [0.2, 0.25) is 0 Å². The molecule has 518 valence electrons. The summed E-state index contributed by atoms with van der Waals surface area (Å²) in [4.78, 5) is 51.6. The van der Waals surface area contributed by atoms with Crippen LogP contribution in [-0.4, -0.2) is 260 Å². The topological polar surface area (TPSA) is 328 Å². The lowest BCUT2D eigenvalue weighted by Gasteiger charge is -2.25. The van der Waals surface area contributed by atoms with Crippen molar-refractivity contribution in [2.75, 3.05) is 181 Å². The molecule has 0 unspecified atom stereocenters. The lowest BCUT2D eigenvalue weighted by atomic mass is 10.0. The first-order valence-electron chi connectivity index (χ1n) is 30.2. The van der Waals surface area contributed by atoms with Crippen LogP contribution in [0.1, 0.15) is 57.5 Å². The van der Waals surface area contributed by atoms with Gasteiger partial charge in [-0.3, -0.25) is 18.9 Å². The third kappa shape index (κ3) is 28.8. The number of carbonyl (C=O) groups is 4. The highest BCUT2D eigenvalue weighted by atomic mass is 32.2. The molecule has 3 aromatic carbocycles. The molecule has 4 N–H and O–H groups in total. The van der Waals surface area contributed by atoms with E-state index in [1.165, 1.54) is 0 Å². The van der Waals surface area contributed by atoms with Gasteiger partial charge in [0.1, 0.15) is 53.9 Å². The smallest absolute Gasteiger partial charge is 0.345 e. The van der Waals surface area contributed by atoms with Gasteiger partial charge in [0.25, 0.3) is 16.0 Å². The van der Waals surface area contributed by atoms with Crippen LogP contribution in [0.4, 0.5) is 0 Å². The van der Waals surface area contributed by atoms with Crippen LogP contribution in [0.15, 0.2) is 48.5 Å². The quantitative estimate of drug-likeness (QED) is 0.0122. The molecule has 1 aromatic heterocycles. The molecule has 0 aliphatic heterocycles. The summed E-state index contributed by atoms with van der Waals surface area (Å²) >= 11 is 0. The number of ether oxygens (including phenoxy) is 17. The summed E-state index contributed by atoms with van der Waals surface area (Å²) in [6, 6.07) is 13.4. The number of methoxy groups -OCH3 is 8. The molecule has 29 heteroatoms. The van der Waals surface area contributed by atoms with Crippen LogP contribution in [0.5, 0.6) is 17.2 Å². The molecule has 4 aromatic rings. The Morgan fingerprint density at radius 1 is 0.511 bits per heavy atom. The first-order chi connectivity index (χ1) is 44.3. The zero-order valence-corrected chi connectivity index (χ0v) is 55.5. The number of rotatable bonds is 52. The molecular formula is C63H96N3O25S+. The monoisotopic (exact) mass is 1330 g/mol. The van der Waals surface area contributed by atoms with Gasteiger partial charge >= 0.3 is 11.9 Å². The molecule has 0 saturated heterocycles. The molecule has 92 heavy (non-hydrogen) atoms. The van der Waals surface area contributed by atoms with E-state index in [1.54, 1.807) is 119 Å².